The first kappa shape index (κ1) is 13.6. The van der Waals surface area contributed by atoms with Crippen LogP contribution in [0.5, 0.6) is 0 Å². The molecule has 1 aromatic heterocycles. The second kappa shape index (κ2) is 6.35. The van der Waals surface area contributed by atoms with Crippen LogP contribution in [-0.4, -0.2) is 30.5 Å². The number of nitrogens with one attached hydrogen (secondary N) is 1. The van der Waals surface area contributed by atoms with Crippen molar-refractivity contribution in [2.24, 2.45) is 0 Å². The Kier molecular flexibility index (Phi) is 4.53. The summed E-state index contributed by atoms with van der Waals surface area (Å²) in [7, 11) is 0. The number of rotatable bonds is 5. The highest BCUT2D eigenvalue weighted by Gasteiger charge is 2.26. The number of fused-ring (bicyclic) bond motifs is 1. The third kappa shape index (κ3) is 3.19. The summed E-state index contributed by atoms with van der Waals surface area (Å²) in [5.74, 6) is 0. The lowest BCUT2D eigenvalue weighted by atomic mass is 9.93. The minimum absolute atomic E-state index is 0.166. The summed E-state index contributed by atoms with van der Waals surface area (Å²) < 4.78 is 5.68. The molecule has 1 aromatic rings. The molecule has 0 spiro atoms. The standard InChI is InChI=1S/C15H23NO2S/c17-10-11(9-12-3-2-7-18-12)16-14-4-1-5-15-13(14)6-8-19-15/h6,8,11-12,14,16-17H,1-5,7,9-10H2. The maximum absolute atomic E-state index is 9.60. The molecule has 0 aromatic carbocycles. The molecule has 106 valence electrons. The van der Waals surface area contributed by atoms with Crippen LogP contribution in [0.1, 0.15) is 48.6 Å². The topological polar surface area (TPSA) is 41.5 Å². The molecule has 3 atom stereocenters. The minimum Gasteiger partial charge on any atom is -0.395 e. The summed E-state index contributed by atoms with van der Waals surface area (Å²) in [5.41, 5.74) is 1.46. The molecule has 1 saturated heterocycles. The lowest BCUT2D eigenvalue weighted by Crippen LogP contribution is -2.39. The van der Waals surface area contributed by atoms with Gasteiger partial charge in [0.1, 0.15) is 0 Å². The Morgan fingerprint density at radius 3 is 3.16 bits per heavy atom. The zero-order valence-corrected chi connectivity index (χ0v) is 12.1. The first-order valence-electron chi connectivity index (χ1n) is 7.41. The number of aliphatic hydroxyl groups is 1. The molecule has 1 aliphatic heterocycles. The molecule has 19 heavy (non-hydrogen) atoms. The number of aryl methyl sites for hydroxylation is 1. The molecule has 0 bridgehead atoms. The fourth-order valence-electron chi connectivity index (χ4n) is 3.29. The van der Waals surface area contributed by atoms with Crippen LogP contribution in [0.15, 0.2) is 11.4 Å². The van der Waals surface area contributed by atoms with Gasteiger partial charge in [0.25, 0.3) is 0 Å². The molecule has 3 nitrogen and oxygen atoms in total. The van der Waals surface area contributed by atoms with Crippen LogP contribution in [0.3, 0.4) is 0 Å². The van der Waals surface area contributed by atoms with Crippen molar-refractivity contribution in [2.45, 2.75) is 56.7 Å². The van der Waals surface area contributed by atoms with Gasteiger partial charge in [-0.2, -0.15) is 0 Å². The van der Waals surface area contributed by atoms with Gasteiger partial charge in [0.15, 0.2) is 0 Å². The molecule has 0 amide bonds. The maximum atomic E-state index is 9.60. The summed E-state index contributed by atoms with van der Waals surface area (Å²) in [6.45, 7) is 1.09. The molecule has 4 heteroatoms. The average molecular weight is 281 g/mol. The Bertz CT molecular complexity index is 401. The highest BCUT2D eigenvalue weighted by atomic mass is 32.1. The van der Waals surface area contributed by atoms with Gasteiger partial charge in [0.05, 0.1) is 12.7 Å². The van der Waals surface area contributed by atoms with Crippen molar-refractivity contribution in [2.75, 3.05) is 13.2 Å². The summed E-state index contributed by atoms with van der Waals surface area (Å²) in [5, 5.41) is 15.4. The van der Waals surface area contributed by atoms with Gasteiger partial charge >= 0.3 is 0 Å². The molecule has 1 aliphatic carbocycles. The highest BCUT2D eigenvalue weighted by molar-refractivity contribution is 7.10. The van der Waals surface area contributed by atoms with Crippen molar-refractivity contribution in [3.63, 3.8) is 0 Å². The molecule has 2 heterocycles. The van der Waals surface area contributed by atoms with E-state index in [1.165, 1.54) is 36.1 Å². The molecule has 1 fully saturated rings. The van der Waals surface area contributed by atoms with E-state index in [1.807, 2.05) is 11.3 Å². The second-order valence-electron chi connectivity index (χ2n) is 5.66. The van der Waals surface area contributed by atoms with E-state index in [4.69, 9.17) is 4.74 Å². The fourth-order valence-corrected chi connectivity index (χ4v) is 4.27. The van der Waals surface area contributed by atoms with Crippen LogP contribution < -0.4 is 5.32 Å². The van der Waals surface area contributed by atoms with Gasteiger partial charge in [-0.25, -0.2) is 0 Å². The highest BCUT2D eigenvalue weighted by Crippen LogP contribution is 2.33. The Hall–Kier alpha value is -0.420. The number of aliphatic hydroxyl groups excluding tert-OH is 1. The zero-order chi connectivity index (χ0) is 13.1. The van der Waals surface area contributed by atoms with E-state index in [9.17, 15) is 5.11 Å². The Morgan fingerprint density at radius 1 is 1.42 bits per heavy atom. The summed E-state index contributed by atoms with van der Waals surface area (Å²) in [4.78, 5) is 1.53. The fraction of sp³-hybridized carbons (Fsp3) is 0.733. The summed E-state index contributed by atoms with van der Waals surface area (Å²) >= 11 is 1.87. The van der Waals surface area contributed by atoms with Crippen LogP contribution in [0.2, 0.25) is 0 Å². The van der Waals surface area contributed by atoms with E-state index in [1.54, 1.807) is 0 Å². The lowest BCUT2D eigenvalue weighted by Gasteiger charge is -2.29. The van der Waals surface area contributed by atoms with E-state index in [0.29, 0.717) is 12.1 Å². The van der Waals surface area contributed by atoms with E-state index in [2.05, 4.69) is 16.8 Å². The van der Waals surface area contributed by atoms with Crippen molar-refractivity contribution < 1.29 is 9.84 Å². The predicted molar refractivity (Wildman–Crippen MR) is 77.6 cm³/mol. The van der Waals surface area contributed by atoms with Crippen LogP contribution in [0.25, 0.3) is 0 Å². The van der Waals surface area contributed by atoms with Crippen LogP contribution in [0.4, 0.5) is 0 Å². The lowest BCUT2D eigenvalue weighted by molar-refractivity contribution is 0.0820. The first-order valence-corrected chi connectivity index (χ1v) is 8.29. The van der Waals surface area contributed by atoms with Crippen LogP contribution >= 0.6 is 11.3 Å². The molecule has 0 saturated carbocycles. The quantitative estimate of drug-likeness (QED) is 0.872. The van der Waals surface area contributed by atoms with E-state index in [0.717, 1.165) is 19.4 Å². The normalized spacial score (nSPS) is 28.3. The molecule has 0 radical (unpaired) electrons. The second-order valence-corrected chi connectivity index (χ2v) is 6.66. The van der Waals surface area contributed by atoms with Crippen molar-refractivity contribution in [1.29, 1.82) is 0 Å². The van der Waals surface area contributed by atoms with Gasteiger partial charge in [-0.1, -0.05) is 0 Å². The van der Waals surface area contributed by atoms with E-state index in [-0.39, 0.29) is 12.6 Å². The predicted octanol–water partition coefficient (Wildman–Crippen LogP) is 2.65. The smallest absolute Gasteiger partial charge is 0.0591 e. The van der Waals surface area contributed by atoms with Gasteiger partial charge in [-0.3, -0.25) is 0 Å². The largest absolute Gasteiger partial charge is 0.395 e. The Morgan fingerprint density at radius 2 is 2.37 bits per heavy atom. The minimum atomic E-state index is 0.166. The molecule has 2 aliphatic rings. The van der Waals surface area contributed by atoms with Gasteiger partial charge < -0.3 is 15.2 Å². The molecule has 3 unspecified atom stereocenters. The Balaban J connectivity index is 1.60. The summed E-state index contributed by atoms with van der Waals surface area (Å²) in [6.07, 6.45) is 7.26. The van der Waals surface area contributed by atoms with E-state index >= 15 is 0 Å². The zero-order valence-electron chi connectivity index (χ0n) is 11.3. The average Bonchev–Trinajstić information content (AvgIpc) is 3.08. The van der Waals surface area contributed by atoms with Crippen molar-refractivity contribution in [3.8, 4) is 0 Å². The van der Waals surface area contributed by atoms with Gasteiger partial charge in [0.2, 0.25) is 0 Å². The number of hydrogen-bond donors (Lipinski definition) is 2. The molecular weight excluding hydrogens is 258 g/mol. The van der Waals surface area contributed by atoms with Gasteiger partial charge in [0, 0.05) is 23.6 Å². The number of ether oxygens (including phenoxy) is 1. The SMILES string of the molecule is OCC(CC1CCCO1)NC1CCCc2sccc21. The van der Waals surface area contributed by atoms with Crippen LogP contribution in [-0.2, 0) is 11.2 Å². The first-order chi connectivity index (χ1) is 9.36. The third-order valence-electron chi connectivity index (χ3n) is 4.28. The monoisotopic (exact) mass is 281 g/mol. The number of thiophene rings is 1. The van der Waals surface area contributed by atoms with Crippen molar-refractivity contribution in [3.05, 3.63) is 21.9 Å². The number of hydrogen-bond acceptors (Lipinski definition) is 4. The molecular formula is C15H23NO2S. The van der Waals surface area contributed by atoms with Gasteiger partial charge in [-0.05, 0) is 55.5 Å². The summed E-state index contributed by atoms with van der Waals surface area (Å²) in [6, 6.07) is 2.84. The van der Waals surface area contributed by atoms with Crippen molar-refractivity contribution >= 4 is 11.3 Å². The van der Waals surface area contributed by atoms with Gasteiger partial charge in [-0.15, -0.1) is 11.3 Å². The maximum Gasteiger partial charge on any atom is 0.0591 e. The Labute approximate surface area is 119 Å². The molecule has 3 rings (SSSR count). The van der Waals surface area contributed by atoms with Crippen molar-refractivity contribution in [1.82, 2.24) is 5.32 Å². The third-order valence-corrected chi connectivity index (χ3v) is 5.28. The molecule has 2 N–H and O–H groups in total. The van der Waals surface area contributed by atoms with Crippen LogP contribution in [0, 0.1) is 0 Å². The van der Waals surface area contributed by atoms with E-state index < -0.39 is 0 Å².